The van der Waals surface area contributed by atoms with Gasteiger partial charge in [0, 0.05) is 19.5 Å². The van der Waals surface area contributed by atoms with Gasteiger partial charge in [0.25, 0.3) is 0 Å². The Morgan fingerprint density at radius 2 is 1.55 bits per heavy atom. The van der Waals surface area contributed by atoms with E-state index in [1.165, 1.54) is 12.1 Å². The highest BCUT2D eigenvalue weighted by atomic mass is 16.5. The minimum absolute atomic E-state index is 0.0332. The Morgan fingerprint density at radius 3 is 2.21 bits per heavy atom. The summed E-state index contributed by atoms with van der Waals surface area (Å²) in [4.78, 5) is 35.1. The molecule has 154 valence electrons. The van der Waals surface area contributed by atoms with E-state index in [0.29, 0.717) is 0 Å². The number of carbonyl (C=O) groups excluding carboxylic acids is 2. The SMILES string of the molecule is O=C(O)NCCNC(=O)C(Cc1ccc(O)cc1)NC(=O)OCc1ccccc1. The number of carbonyl (C=O) groups is 3. The predicted octanol–water partition coefficient (Wildman–Crippen LogP) is 1.61. The van der Waals surface area contributed by atoms with Crippen LogP contribution in [-0.4, -0.2) is 47.4 Å². The molecule has 2 aromatic carbocycles. The maximum atomic E-state index is 12.5. The van der Waals surface area contributed by atoms with Crippen LogP contribution in [0.15, 0.2) is 54.6 Å². The normalized spacial score (nSPS) is 11.2. The van der Waals surface area contributed by atoms with Crippen molar-refractivity contribution in [1.82, 2.24) is 16.0 Å². The molecular weight excluding hydrogens is 378 g/mol. The summed E-state index contributed by atoms with van der Waals surface area (Å²) in [6.45, 7) is 0.159. The monoisotopic (exact) mass is 401 g/mol. The Balaban J connectivity index is 1.94. The molecule has 0 aliphatic rings. The van der Waals surface area contributed by atoms with Crippen molar-refractivity contribution in [3.63, 3.8) is 0 Å². The Morgan fingerprint density at radius 1 is 0.897 bits per heavy atom. The van der Waals surface area contributed by atoms with E-state index in [-0.39, 0.29) is 31.9 Å². The molecule has 0 spiro atoms. The van der Waals surface area contributed by atoms with E-state index in [0.717, 1.165) is 11.1 Å². The van der Waals surface area contributed by atoms with Crippen LogP contribution in [0.25, 0.3) is 0 Å². The van der Waals surface area contributed by atoms with Crippen LogP contribution in [-0.2, 0) is 22.6 Å². The number of carboxylic acid groups (broad SMARTS) is 1. The molecule has 0 bridgehead atoms. The number of hydrogen-bond donors (Lipinski definition) is 5. The fourth-order valence-corrected chi connectivity index (χ4v) is 2.46. The van der Waals surface area contributed by atoms with Gasteiger partial charge < -0.3 is 30.9 Å². The third-order valence-electron chi connectivity index (χ3n) is 3.90. The Labute approximate surface area is 167 Å². The first-order valence-electron chi connectivity index (χ1n) is 8.93. The Kier molecular flexibility index (Phi) is 8.30. The van der Waals surface area contributed by atoms with Crippen LogP contribution in [0, 0.1) is 0 Å². The number of aromatic hydroxyl groups is 1. The summed E-state index contributed by atoms with van der Waals surface area (Å²) in [6, 6.07) is 14.4. The van der Waals surface area contributed by atoms with Gasteiger partial charge in [0.2, 0.25) is 5.91 Å². The molecule has 29 heavy (non-hydrogen) atoms. The first kappa shape index (κ1) is 21.5. The lowest BCUT2D eigenvalue weighted by Gasteiger charge is -2.18. The van der Waals surface area contributed by atoms with Crippen LogP contribution in [0.2, 0.25) is 0 Å². The summed E-state index contributed by atoms with van der Waals surface area (Å²) in [5.41, 5.74) is 1.52. The maximum absolute atomic E-state index is 12.5. The van der Waals surface area contributed by atoms with Crippen LogP contribution in [0.5, 0.6) is 5.75 Å². The molecule has 5 N–H and O–H groups in total. The minimum Gasteiger partial charge on any atom is -0.508 e. The summed E-state index contributed by atoms with van der Waals surface area (Å²) >= 11 is 0. The lowest BCUT2D eigenvalue weighted by molar-refractivity contribution is -0.123. The summed E-state index contributed by atoms with van der Waals surface area (Å²) in [7, 11) is 0. The van der Waals surface area contributed by atoms with E-state index in [1.807, 2.05) is 30.3 Å². The number of amides is 3. The lowest BCUT2D eigenvalue weighted by atomic mass is 10.1. The highest BCUT2D eigenvalue weighted by molar-refractivity contribution is 5.86. The van der Waals surface area contributed by atoms with Crippen molar-refractivity contribution in [1.29, 1.82) is 0 Å². The molecule has 3 amide bonds. The van der Waals surface area contributed by atoms with E-state index in [2.05, 4.69) is 16.0 Å². The van der Waals surface area contributed by atoms with Gasteiger partial charge in [0.05, 0.1) is 0 Å². The van der Waals surface area contributed by atoms with Crippen molar-refractivity contribution >= 4 is 18.1 Å². The van der Waals surface area contributed by atoms with Gasteiger partial charge in [-0.2, -0.15) is 0 Å². The van der Waals surface area contributed by atoms with Crippen molar-refractivity contribution in [3.05, 3.63) is 65.7 Å². The molecule has 9 nitrogen and oxygen atoms in total. The third-order valence-corrected chi connectivity index (χ3v) is 3.90. The van der Waals surface area contributed by atoms with Crippen molar-refractivity contribution < 1.29 is 29.3 Å². The van der Waals surface area contributed by atoms with Gasteiger partial charge >= 0.3 is 12.2 Å². The number of hydrogen-bond acceptors (Lipinski definition) is 5. The zero-order valence-corrected chi connectivity index (χ0v) is 15.6. The highest BCUT2D eigenvalue weighted by Gasteiger charge is 2.22. The summed E-state index contributed by atoms with van der Waals surface area (Å²) in [5.74, 6) is -0.397. The van der Waals surface area contributed by atoms with E-state index in [4.69, 9.17) is 9.84 Å². The van der Waals surface area contributed by atoms with Gasteiger partial charge in [-0.25, -0.2) is 9.59 Å². The van der Waals surface area contributed by atoms with Gasteiger partial charge in [0.1, 0.15) is 18.4 Å². The number of ether oxygens (including phenoxy) is 1. The summed E-state index contributed by atoms with van der Waals surface area (Å²) in [6.07, 6.45) is -1.78. The third kappa shape index (κ3) is 8.21. The smallest absolute Gasteiger partial charge is 0.408 e. The fraction of sp³-hybridized carbons (Fsp3) is 0.250. The highest BCUT2D eigenvalue weighted by Crippen LogP contribution is 2.11. The molecule has 0 heterocycles. The molecule has 0 saturated carbocycles. The van der Waals surface area contributed by atoms with Crippen LogP contribution in [0.4, 0.5) is 9.59 Å². The fourth-order valence-electron chi connectivity index (χ4n) is 2.46. The average molecular weight is 401 g/mol. The number of alkyl carbamates (subject to hydrolysis) is 1. The lowest BCUT2D eigenvalue weighted by Crippen LogP contribution is -2.49. The first-order chi connectivity index (χ1) is 13.9. The number of benzene rings is 2. The zero-order valence-electron chi connectivity index (χ0n) is 15.6. The number of phenols is 1. The second kappa shape index (κ2) is 11.2. The number of nitrogens with one attached hydrogen (secondary N) is 3. The van der Waals surface area contributed by atoms with Crippen molar-refractivity contribution in [3.8, 4) is 5.75 Å². The van der Waals surface area contributed by atoms with E-state index < -0.39 is 24.1 Å². The Hall–Kier alpha value is -3.75. The van der Waals surface area contributed by atoms with E-state index >= 15 is 0 Å². The Bertz CT molecular complexity index is 811. The van der Waals surface area contributed by atoms with Crippen molar-refractivity contribution in [2.24, 2.45) is 0 Å². The van der Waals surface area contributed by atoms with Crippen LogP contribution in [0.3, 0.4) is 0 Å². The van der Waals surface area contributed by atoms with Gasteiger partial charge in [-0.3, -0.25) is 4.79 Å². The molecule has 9 heteroatoms. The second-order valence-electron chi connectivity index (χ2n) is 6.15. The molecule has 0 aromatic heterocycles. The van der Waals surface area contributed by atoms with Crippen LogP contribution < -0.4 is 16.0 Å². The van der Waals surface area contributed by atoms with Gasteiger partial charge in [-0.1, -0.05) is 42.5 Å². The largest absolute Gasteiger partial charge is 0.508 e. The topological polar surface area (TPSA) is 137 Å². The van der Waals surface area contributed by atoms with Crippen molar-refractivity contribution in [2.75, 3.05) is 13.1 Å². The molecule has 0 saturated heterocycles. The summed E-state index contributed by atoms with van der Waals surface area (Å²) in [5, 5.41) is 25.2. The van der Waals surface area contributed by atoms with E-state index in [9.17, 15) is 19.5 Å². The van der Waals surface area contributed by atoms with Gasteiger partial charge in [0.15, 0.2) is 0 Å². The second-order valence-corrected chi connectivity index (χ2v) is 6.15. The van der Waals surface area contributed by atoms with Crippen molar-refractivity contribution in [2.45, 2.75) is 19.1 Å². The van der Waals surface area contributed by atoms with Crippen LogP contribution in [0.1, 0.15) is 11.1 Å². The predicted molar refractivity (Wildman–Crippen MR) is 104 cm³/mol. The average Bonchev–Trinajstić information content (AvgIpc) is 2.71. The first-order valence-corrected chi connectivity index (χ1v) is 8.93. The number of phenolic OH excluding ortho intramolecular Hbond substituents is 1. The molecule has 1 unspecified atom stereocenters. The molecule has 0 fully saturated rings. The maximum Gasteiger partial charge on any atom is 0.408 e. The molecule has 0 aliphatic carbocycles. The quantitative estimate of drug-likeness (QED) is 0.405. The van der Waals surface area contributed by atoms with Crippen LogP contribution >= 0.6 is 0 Å². The molecule has 2 rings (SSSR count). The van der Waals surface area contributed by atoms with Gasteiger partial charge in [-0.05, 0) is 23.3 Å². The minimum atomic E-state index is -1.19. The molecule has 2 aromatic rings. The summed E-state index contributed by atoms with van der Waals surface area (Å²) < 4.78 is 5.16. The molecule has 0 aliphatic heterocycles. The number of rotatable bonds is 9. The zero-order chi connectivity index (χ0) is 21.1. The standard InChI is InChI=1S/C20H23N3O6/c24-16-8-6-14(7-9-16)12-17(18(25)21-10-11-22-19(26)27)23-20(28)29-13-15-4-2-1-3-5-15/h1-9,17,22,24H,10-13H2,(H,21,25)(H,23,28)(H,26,27). The molecule has 1 atom stereocenters. The molecule has 0 radical (unpaired) electrons. The molecular formula is C20H23N3O6. The van der Waals surface area contributed by atoms with E-state index in [1.54, 1.807) is 12.1 Å². The van der Waals surface area contributed by atoms with Gasteiger partial charge in [-0.15, -0.1) is 0 Å².